The molecule has 0 atom stereocenters. The number of hydrogen-bond acceptors (Lipinski definition) is 2. The molecule has 3 nitrogen and oxygen atoms in total. The molecule has 0 aliphatic rings. The van der Waals surface area contributed by atoms with E-state index in [1.54, 1.807) is 0 Å². The highest BCUT2D eigenvalue weighted by Crippen LogP contribution is 2.09. The van der Waals surface area contributed by atoms with Crippen molar-refractivity contribution in [2.75, 3.05) is 13.1 Å². The largest absolute Gasteiger partial charge is 0.343 e. The number of carbonyl (C=O) groups excluding carboxylic acids is 2. The second-order valence-electron chi connectivity index (χ2n) is 5.17. The van der Waals surface area contributed by atoms with Gasteiger partial charge in [0.25, 0.3) is 0 Å². The van der Waals surface area contributed by atoms with Crippen LogP contribution >= 0.6 is 0 Å². The molecule has 0 heterocycles. The van der Waals surface area contributed by atoms with Crippen molar-refractivity contribution in [3.8, 4) is 0 Å². The highest BCUT2D eigenvalue weighted by atomic mass is 16.2. The van der Waals surface area contributed by atoms with E-state index in [0.29, 0.717) is 18.4 Å². The Hall–Kier alpha value is -1.64. The molecule has 3 heteroatoms. The number of nitrogens with zero attached hydrogens (tertiary/aromatic N) is 1. The summed E-state index contributed by atoms with van der Waals surface area (Å²) in [4.78, 5) is 26.0. The van der Waals surface area contributed by atoms with Crippen molar-refractivity contribution >= 4 is 11.7 Å². The Morgan fingerprint density at radius 3 is 2.00 bits per heavy atom. The van der Waals surface area contributed by atoms with Gasteiger partial charge in [0.15, 0.2) is 5.78 Å². The van der Waals surface area contributed by atoms with Crippen LogP contribution in [0.1, 0.15) is 55.5 Å². The normalized spacial score (nSPS) is 10.3. The zero-order valence-electron chi connectivity index (χ0n) is 12.8. The number of aryl methyl sites for hydroxylation is 1. The number of benzene rings is 1. The topological polar surface area (TPSA) is 37.4 Å². The van der Waals surface area contributed by atoms with Crippen molar-refractivity contribution in [2.24, 2.45) is 0 Å². The lowest BCUT2D eigenvalue weighted by Crippen LogP contribution is -2.32. The standard InChI is InChI=1S/C17H25NO2/c1-4-12-18(13-5-2)17(20)11-10-16(19)15-8-6-14(3)7-9-15/h6-9H,4-5,10-13H2,1-3H3. The average molecular weight is 275 g/mol. The van der Waals surface area contributed by atoms with E-state index in [1.807, 2.05) is 36.1 Å². The molecule has 1 aromatic rings. The predicted molar refractivity (Wildman–Crippen MR) is 81.9 cm³/mol. The number of rotatable bonds is 8. The second-order valence-corrected chi connectivity index (χ2v) is 5.17. The molecule has 0 N–H and O–H groups in total. The van der Waals surface area contributed by atoms with Crippen molar-refractivity contribution in [3.05, 3.63) is 35.4 Å². The monoisotopic (exact) mass is 275 g/mol. The van der Waals surface area contributed by atoms with E-state index in [4.69, 9.17) is 0 Å². The fourth-order valence-electron chi connectivity index (χ4n) is 2.16. The Labute approximate surface area is 122 Å². The zero-order chi connectivity index (χ0) is 15.0. The lowest BCUT2D eigenvalue weighted by Gasteiger charge is -2.21. The Bertz CT molecular complexity index is 431. The van der Waals surface area contributed by atoms with E-state index in [1.165, 1.54) is 0 Å². The zero-order valence-corrected chi connectivity index (χ0v) is 12.8. The van der Waals surface area contributed by atoms with Gasteiger partial charge in [0.1, 0.15) is 0 Å². The molecule has 0 spiro atoms. The quantitative estimate of drug-likeness (QED) is 0.680. The molecule has 0 aliphatic carbocycles. The Balaban J connectivity index is 2.50. The summed E-state index contributed by atoms with van der Waals surface area (Å²) in [5, 5.41) is 0. The van der Waals surface area contributed by atoms with Crippen LogP contribution in [0.4, 0.5) is 0 Å². The number of ketones is 1. The van der Waals surface area contributed by atoms with E-state index in [0.717, 1.165) is 31.5 Å². The molecule has 1 rings (SSSR count). The number of amides is 1. The fourth-order valence-corrected chi connectivity index (χ4v) is 2.16. The SMILES string of the molecule is CCCN(CCC)C(=O)CCC(=O)c1ccc(C)cc1. The maximum Gasteiger partial charge on any atom is 0.223 e. The fraction of sp³-hybridized carbons (Fsp3) is 0.529. The minimum Gasteiger partial charge on any atom is -0.343 e. The highest BCUT2D eigenvalue weighted by Gasteiger charge is 2.14. The van der Waals surface area contributed by atoms with Crippen LogP contribution in [0.3, 0.4) is 0 Å². The summed E-state index contributed by atoms with van der Waals surface area (Å²) in [7, 11) is 0. The number of hydrogen-bond donors (Lipinski definition) is 0. The van der Waals surface area contributed by atoms with Crippen LogP contribution in [0.15, 0.2) is 24.3 Å². The van der Waals surface area contributed by atoms with Gasteiger partial charge in [-0.3, -0.25) is 9.59 Å². The summed E-state index contributed by atoms with van der Waals surface area (Å²) >= 11 is 0. The Morgan fingerprint density at radius 2 is 1.50 bits per heavy atom. The van der Waals surface area contributed by atoms with Crippen molar-refractivity contribution in [3.63, 3.8) is 0 Å². The summed E-state index contributed by atoms with van der Waals surface area (Å²) in [5.41, 5.74) is 1.83. The van der Waals surface area contributed by atoms with Gasteiger partial charge in [-0.05, 0) is 19.8 Å². The molecule has 110 valence electrons. The summed E-state index contributed by atoms with van der Waals surface area (Å²) in [6.07, 6.45) is 2.52. The second kappa shape index (κ2) is 8.51. The molecule has 0 unspecified atom stereocenters. The van der Waals surface area contributed by atoms with Crippen LogP contribution in [0.2, 0.25) is 0 Å². The molecule has 0 aliphatic heterocycles. The van der Waals surface area contributed by atoms with E-state index >= 15 is 0 Å². The molecule has 0 bridgehead atoms. The minimum atomic E-state index is 0.0475. The van der Waals surface area contributed by atoms with Crippen LogP contribution in [-0.2, 0) is 4.79 Å². The number of carbonyl (C=O) groups is 2. The van der Waals surface area contributed by atoms with Gasteiger partial charge in [0.05, 0.1) is 0 Å². The predicted octanol–water partition coefficient (Wildman–Crippen LogP) is 3.61. The van der Waals surface area contributed by atoms with Crippen molar-refractivity contribution < 1.29 is 9.59 Å². The summed E-state index contributed by atoms with van der Waals surface area (Å²) in [6, 6.07) is 7.51. The van der Waals surface area contributed by atoms with E-state index in [-0.39, 0.29) is 11.7 Å². The summed E-state index contributed by atoms with van der Waals surface area (Å²) < 4.78 is 0. The molecule has 20 heavy (non-hydrogen) atoms. The first kappa shape index (κ1) is 16.4. The van der Waals surface area contributed by atoms with Gasteiger partial charge in [-0.15, -0.1) is 0 Å². The molecular weight excluding hydrogens is 250 g/mol. The van der Waals surface area contributed by atoms with Gasteiger partial charge < -0.3 is 4.90 Å². The minimum absolute atomic E-state index is 0.0475. The molecule has 0 fully saturated rings. The third-order valence-corrected chi connectivity index (χ3v) is 3.28. The van der Waals surface area contributed by atoms with E-state index < -0.39 is 0 Å². The summed E-state index contributed by atoms with van der Waals surface area (Å²) in [5.74, 6) is 0.139. The lowest BCUT2D eigenvalue weighted by atomic mass is 10.0. The van der Waals surface area contributed by atoms with Gasteiger partial charge in [-0.2, -0.15) is 0 Å². The van der Waals surface area contributed by atoms with Gasteiger partial charge in [-0.1, -0.05) is 43.7 Å². The first-order chi connectivity index (χ1) is 9.58. The smallest absolute Gasteiger partial charge is 0.223 e. The number of Topliss-reactive ketones (excluding diaryl/α,β-unsaturated/α-hetero) is 1. The van der Waals surface area contributed by atoms with Crippen molar-refractivity contribution in [1.29, 1.82) is 0 Å². The van der Waals surface area contributed by atoms with Crippen LogP contribution in [0.5, 0.6) is 0 Å². The molecule has 1 amide bonds. The van der Waals surface area contributed by atoms with Crippen LogP contribution in [0.25, 0.3) is 0 Å². The van der Waals surface area contributed by atoms with Crippen molar-refractivity contribution in [2.45, 2.75) is 46.5 Å². The maximum absolute atomic E-state index is 12.1. The molecule has 0 aromatic heterocycles. The first-order valence-corrected chi connectivity index (χ1v) is 7.46. The third-order valence-electron chi connectivity index (χ3n) is 3.28. The van der Waals surface area contributed by atoms with E-state index in [9.17, 15) is 9.59 Å². The third kappa shape index (κ3) is 5.16. The van der Waals surface area contributed by atoms with E-state index in [2.05, 4.69) is 13.8 Å². The van der Waals surface area contributed by atoms with Crippen LogP contribution < -0.4 is 0 Å². The Morgan fingerprint density at radius 1 is 0.950 bits per heavy atom. The van der Waals surface area contributed by atoms with Gasteiger partial charge in [0, 0.05) is 31.5 Å². The highest BCUT2D eigenvalue weighted by molar-refractivity contribution is 5.97. The molecular formula is C17H25NO2. The molecule has 0 radical (unpaired) electrons. The lowest BCUT2D eigenvalue weighted by molar-refractivity contribution is -0.131. The van der Waals surface area contributed by atoms with Crippen molar-refractivity contribution in [1.82, 2.24) is 4.90 Å². The molecule has 0 saturated heterocycles. The van der Waals surface area contributed by atoms with Crippen LogP contribution in [-0.4, -0.2) is 29.7 Å². The first-order valence-electron chi connectivity index (χ1n) is 7.46. The molecule has 1 aromatic carbocycles. The molecule has 0 saturated carbocycles. The van der Waals surface area contributed by atoms with Gasteiger partial charge in [0.2, 0.25) is 5.91 Å². The van der Waals surface area contributed by atoms with Gasteiger partial charge in [-0.25, -0.2) is 0 Å². The summed E-state index contributed by atoms with van der Waals surface area (Å²) in [6.45, 7) is 7.68. The average Bonchev–Trinajstić information content (AvgIpc) is 2.45. The van der Waals surface area contributed by atoms with Crippen LogP contribution in [0, 0.1) is 6.92 Å². The van der Waals surface area contributed by atoms with Gasteiger partial charge >= 0.3 is 0 Å². The Kier molecular flexibility index (Phi) is 6.99. The maximum atomic E-state index is 12.1.